The number of phosphoric acid groups is 2. The van der Waals surface area contributed by atoms with Crippen LogP contribution in [0.15, 0.2) is 114 Å². The number of anilines is 1. The summed E-state index contributed by atoms with van der Waals surface area (Å²) in [4.78, 5) is 61.9. The fourth-order valence-corrected chi connectivity index (χ4v) is 8.97. The third kappa shape index (κ3) is 31.4. The summed E-state index contributed by atoms with van der Waals surface area (Å²) in [5.74, 6) is -1.73. The number of carbonyl (C=O) groups is 2. The van der Waals surface area contributed by atoms with E-state index in [0.717, 1.165) is 49.3 Å². The number of allylic oxidation sites excluding steroid dienone is 14. The molecule has 0 spiro atoms. The third-order valence-electron chi connectivity index (χ3n) is 11.0. The molecule has 1 saturated heterocycles. The average Bonchev–Trinajstić information content (AvgIpc) is 3.64. The van der Waals surface area contributed by atoms with Crippen LogP contribution in [0.3, 0.4) is 0 Å². The lowest BCUT2D eigenvalue weighted by Crippen LogP contribution is -2.36. The highest BCUT2D eigenvalue weighted by molar-refractivity contribution is 7.61. The van der Waals surface area contributed by atoms with E-state index in [1.165, 1.54) is 31.4 Å². The van der Waals surface area contributed by atoms with Gasteiger partial charge in [0.05, 0.1) is 31.5 Å². The molecule has 1 aliphatic heterocycles. The molecule has 75 heavy (non-hydrogen) atoms. The van der Waals surface area contributed by atoms with E-state index >= 15 is 0 Å². The van der Waals surface area contributed by atoms with Crippen LogP contribution in [0.4, 0.5) is 5.82 Å². The lowest BCUT2D eigenvalue weighted by Gasteiger charge is -2.21. The molecule has 23 heteroatoms. The number of aliphatic hydroxyl groups is 5. The fourth-order valence-electron chi connectivity index (χ4n) is 6.86. The number of nitrogen functional groups attached to an aromatic ring is 1. The van der Waals surface area contributed by atoms with Gasteiger partial charge >= 0.3 is 33.3 Å². The number of ether oxygens (including phenoxy) is 3. The van der Waals surface area contributed by atoms with Gasteiger partial charge in [0, 0.05) is 19.0 Å². The molecule has 21 nitrogen and oxygen atoms in total. The van der Waals surface area contributed by atoms with Gasteiger partial charge in [-0.2, -0.15) is 9.29 Å². The van der Waals surface area contributed by atoms with Crippen molar-refractivity contribution in [3.8, 4) is 0 Å². The first-order valence-corrected chi connectivity index (χ1v) is 28.6. The topological polar surface area (TPSA) is 326 Å². The van der Waals surface area contributed by atoms with Crippen molar-refractivity contribution in [2.75, 3.05) is 25.6 Å². The average molecular weight is 1100 g/mol. The summed E-state index contributed by atoms with van der Waals surface area (Å²) in [6.07, 6.45) is 31.4. The van der Waals surface area contributed by atoms with Gasteiger partial charge in [-0.3, -0.25) is 23.2 Å². The first-order valence-electron chi connectivity index (χ1n) is 25.6. The quantitative estimate of drug-likeness (QED) is 0.0105. The Hall–Kier alpha value is -4.44. The number of nitrogens with two attached hydrogens (primary N) is 1. The van der Waals surface area contributed by atoms with Crippen LogP contribution in [-0.4, -0.2) is 119 Å². The van der Waals surface area contributed by atoms with Gasteiger partial charge in [0.15, 0.2) is 12.3 Å². The van der Waals surface area contributed by atoms with E-state index in [0.29, 0.717) is 25.7 Å². The molecule has 1 aromatic heterocycles. The van der Waals surface area contributed by atoms with E-state index in [-0.39, 0.29) is 31.5 Å². The number of rotatable bonds is 40. The molecule has 1 fully saturated rings. The number of hydrogen-bond acceptors (Lipinski definition) is 18. The van der Waals surface area contributed by atoms with Crippen LogP contribution in [0.2, 0.25) is 0 Å². The summed E-state index contributed by atoms with van der Waals surface area (Å²) < 4.78 is 56.4. The molecule has 0 amide bonds. The minimum absolute atomic E-state index is 0.00201. The summed E-state index contributed by atoms with van der Waals surface area (Å²) in [7, 11) is -11.0. The Morgan fingerprint density at radius 1 is 0.733 bits per heavy atom. The normalized spacial score (nSPS) is 20.9. The SMILES string of the molecule is CCCCC/C=C\C/C=C\C/C=C\C/C=C\CCCC(=O)O[C@H](COC(=O)CCC[C@@H](O)[C@H](O)/C=C/C=C/C=C\C=C\[C@H](O)CCCCC)COP(=O)(O)OP(=O)(O)OC[C@H]1O[C@@H](n2ccc(N)nc2=O)[C@H](O)[C@@H]1O. The van der Waals surface area contributed by atoms with Crippen molar-refractivity contribution in [2.24, 2.45) is 0 Å². The highest BCUT2D eigenvalue weighted by Crippen LogP contribution is 2.60. The summed E-state index contributed by atoms with van der Waals surface area (Å²) >= 11 is 0. The first-order chi connectivity index (χ1) is 35.9. The van der Waals surface area contributed by atoms with Crippen LogP contribution in [0.5, 0.6) is 0 Å². The lowest BCUT2D eigenvalue weighted by atomic mass is 10.1. The van der Waals surface area contributed by atoms with Crippen LogP contribution < -0.4 is 11.4 Å². The number of nitrogens with zero attached hydrogens (tertiary/aromatic N) is 2. The minimum atomic E-state index is -5.52. The van der Waals surface area contributed by atoms with Gasteiger partial charge in [-0.1, -0.05) is 143 Å². The van der Waals surface area contributed by atoms with Crippen molar-refractivity contribution in [1.82, 2.24) is 9.55 Å². The summed E-state index contributed by atoms with van der Waals surface area (Å²) in [5.41, 5.74) is 4.55. The van der Waals surface area contributed by atoms with Crippen molar-refractivity contribution >= 4 is 33.4 Å². The molecular formula is C52H81N3O18P2. The number of esters is 2. The van der Waals surface area contributed by atoms with Crippen molar-refractivity contribution in [3.05, 3.63) is 120 Å². The maximum Gasteiger partial charge on any atom is 0.481 e. The Labute approximate surface area is 440 Å². The van der Waals surface area contributed by atoms with Crippen LogP contribution >= 0.6 is 15.6 Å². The zero-order valence-corrected chi connectivity index (χ0v) is 44.9. The molecule has 0 bridgehead atoms. The predicted octanol–water partition coefficient (Wildman–Crippen LogP) is 7.35. The van der Waals surface area contributed by atoms with Crippen LogP contribution in [0.1, 0.15) is 129 Å². The Kier molecular flexibility index (Phi) is 34.7. The summed E-state index contributed by atoms with van der Waals surface area (Å²) in [5, 5.41) is 51.6. The van der Waals surface area contributed by atoms with Crippen molar-refractivity contribution in [2.45, 2.75) is 172 Å². The van der Waals surface area contributed by atoms with E-state index in [9.17, 15) is 58.8 Å². The lowest BCUT2D eigenvalue weighted by molar-refractivity contribution is -0.161. The second-order valence-corrected chi connectivity index (χ2v) is 20.6. The summed E-state index contributed by atoms with van der Waals surface area (Å²) in [6.45, 7) is 1.62. The maximum atomic E-state index is 12.9. The van der Waals surface area contributed by atoms with E-state index < -0.39 is 102 Å². The van der Waals surface area contributed by atoms with E-state index in [2.05, 4.69) is 53.5 Å². The Balaban J connectivity index is 1.92. The molecular weight excluding hydrogens is 1020 g/mol. The molecule has 2 heterocycles. The van der Waals surface area contributed by atoms with Crippen LogP contribution in [-0.2, 0) is 46.3 Å². The maximum absolute atomic E-state index is 12.9. The smallest absolute Gasteiger partial charge is 0.462 e. The highest BCUT2D eigenvalue weighted by Gasteiger charge is 2.46. The molecule has 0 radical (unpaired) electrons. The minimum Gasteiger partial charge on any atom is -0.462 e. The molecule has 2 unspecified atom stereocenters. The van der Waals surface area contributed by atoms with Crippen LogP contribution in [0, 0.1) is 0 Å². The third-order valence-corrected chi connectivity index (χ3v) is 13.6. The number of phosphoric ester groups is 2. The number of carbonyl (C=O) groups excluding carboxylic acids is 2. The number of unbranched alkanes of at least 4 members (excludes halogenated alkanes) is 6. The van der Waals surface area contributed by atoms with Crippen molar-refractivity contribution in [3.63, 3.8) is 0 Å². The molecule has 1 aromatic rings. The second kappa shape index (κ2) is 39.0. The number of hydrogen-bond donors (Lipinski definition) is 8. The molecule has 0 saturated carbocycles. The van der Waals surface area contributed by atoms with Gasteiger partial charge in [-0.25, -0.2) is 13.9 Å². The first kappa shape index (κ1) is 66.7. The number of aromatic nitrogens is 2. The Morgan fingerprint density at radius 2 is 1.31 bits per heavy atom. The van der Waals surface area contributed by atoms with Crippen LogP contribution in [0.25, 0.3) is 0 Å². The highest BCUT2D eigenvalue weighted by atomic mass is 31.3. The van der Waals surface area contributed by atoms with Crippen molar-refractivity contribution < 1.29 is 81.6 Å². The Morgan fingerprint density at radius 3 is 1.95 bits per heavy atom. The monoisotopic (exact) mass is 1100 g/mol. The van der Waals surface area contributed by atoms with E-state index in [4.69, 9.17) is 29.0 Å². The van der Waals surface area contributed by atoms with E-state index in [1.54, 1.807) is 42.5 Å². The molecule has 10 atom stereocenters. The van der Waals surface area contributed by atoms with Gasteiger partial charge in [-0.15, -0.1) is 0 Å². The van der Waals surface area contributed by atoms with Gasteiger partial charge < -0.3 is 55.3 Å². The predicted molar refractivity (Wildman–Crippen MR) is 283 cm³/mol. The molecule has 0 aromatic carbocycles. The molecule has 1 aliphatic rings. The largest absolute Gasteiger partial charge is 0.481 e. The number of aliphatic hydroxyl groups excluding tert-OH is 5. The van der Waals surface area contributed by atoms with Gasteiger partial charge in [0.25, 0.3) is 0 Å². The van der Waals surface area contributed by atoms with Gasteiger partial charge in [0.1, 0.15) is 30.7 Å². The molecule has 2 rings (SSSR count). The zero-order chi connectivity index (χ0) is 55.3. The van der Waals surface area contributed by atoms with Gasteiger partial charge in [-0.05, 0) is 70.3 Å². The van der Waals surface area contributed by atoms with E-state index in [1.807, 2.05) is 18.2 Å². The van der Waals surface area contributed by atoms with Crippen molar-refractivity contribution in [1.29, 1.82) is 0 Å². The zero-order valence-electron chi connectivity index (χ0n) is 43.1. The Bertz CT molecular complexity index is 2190. The fraction of sp³-hybridized carbons (Fsp3) is 0.577. The molecule has 0 aliphatic carbocycles. The molecule has 9 N–H and O–H groups in total. The summed E-state index contributed by atoms with van der Waals surface area (Å²) in [6, 6.07) is 1.22. The standard InChI is InChI=1S/C52H81N3O18P2/c1-3-5-7-8-9-10-11-12-13-14-15-16-17-18-19-24-28-34-48(60)71-42(38-68-47(59)35-29-33-44(58)43(57)32-27-23-21-20-22-26-31-41(56)30-25-6-4-2)39-69-74(64,65)73-75(66,67)70-40-45-49(61)50(62)51(72-45)55-37-36-46(53)54-52(55)63/h9-10,12-13,15-16,18-23,26-27,31-32,36-37,41-45,49-51,56-58,61-62H,3-8,11,14,17,24-25,28-30,33-35,38-40H2,1-2H3,(H,64,65)(H,66,67)(H2,53,54,63)/b10-9-,13-12-,16-15-,19-18-,22-20-,23-21+,31-26+,32-27+/t41-,42-,43-,44-,45-,49-,50-,51-/m1/s1. The van der Waals surface area contributed by atoms with Gasteiger partial charge in [0.2, 0.25) is 0 Å². The molecule has 422 valence electrons. The second-order valence-electron chi connectivity index (χ2n) is 17.5.